The van der Waals surface area contributed by atoms with Crippen molar-refractivity contribution in [2.24, 2.45) is 0 Å². The summed E-state index contributed by atoms with van der Waals surface area (Å²) in [7, 11) is 0. The molecule has 0 spiro atoms. The standard InChI is InChI=1S/C10H12BrNS/c11-8-4-3-5-9(10(8)13)12-6-1-2-7-12/h3-5,13H,1-2,6-7H2. The summed E-state index contributed by atoms with van der Waals surface area (Å²) in [5.41, 5.74) is 1.26. The number of nitrogens with zero attached hydrogens (tertiary/aromatic N) is 1. The Morgan fingerprint density at radius 3 is 2.62 bits per heavy atom. The van der Waals surface area contributed by atoms with E-state index < -0.39 is 0 Å². The van der Waals surface area contributed by atoms with Crippen molar-refractivity contribution in [3.8, 4) is 0 Å². The van der Waals surface area contributed by atoms with Crippen LogP contribution >= 0.6 is 28.6 Å². The molecular weight excluding hydrogens is 246 g/mol. The Morgan fingerprint density at radius 2 is 1.92 bits per heavy atom. The molecular formula is C10H12BrNS. The molecule has 0 aromatic heterocycles. The van der Waals surface area contributed by atoms with E-state index in [2.05, 4.69) is 45.6 Å². The van der Waals surface area contributed by atoms with Gasteiger partial charge in [0, 0.05) is 22.5 Å². The lowest BCUT2D eigenvalue weighted by Crippen LogP contribution is -2.18. The topological polar surface area (TPSA) is 3.24 Å². The van der Waals surface area contributed by atoms with Gasteiger partial charge >= 0.3 is 0 Å². The highest BCUT2D eigenvalue weighted by Crippen LogP contribution is 2.32. The Hall–Kier alpha value is -0.150. The fourth-order valence-corrected chi connectivity index (χ4v) is 2.36. The molecule has 1 aromatic rings. The minimum Gasteiger partial charge on any atom is -0.371 e. The first-order chi connectivity index (χ1) is 6.29. The smallest absolute Gasteiger partial charge is 0.0513 e. The van der Waals surface area contributed by atoms with E-state index in [0.29, 0.717) is 0 Å². The van der Waals surface area contributed by atoms with Crippen molar-refractivity contribution in [1.29, 1.82) is 0 Å². The van der Waals surface area contributed by atoms with Gasteiger partial charge in [-0.05, 0) is 40.9 Å². The van der Waals surface area contributed by atoms with Crippen molar-refractivity contribution >= 4 is 34.2 Å². The number of benzene rings is 1. The van der Waals surface area contributed by atoms with Crippen molar-refractivity contribution in [3.05, 3.63) is 22.7 Å². The van der Waals surface area contributed by atoms with Crippen molar-refractivity contribution in [3.63, 3.8) is 0 Å². The van der Waals surface area contributed by atoms with Gasteiger partial charge in [0.25, 0.3) is 0 Å². The third kappa shape index (κ3) is 1.86. The number of anilines is 1. The lowest BCUT2D eigenvalue weighted by molar-refractivity contribution is 0.949. The molecule has 0 N–H and O–H groups in total. The lowest BCUT2D eigenvalue weighted by Gasteiger charge is -2.19. The molecule has 1 aliphatic heterocycles. The average molecular weight is 258 g/mol. The van der Waals surface area contributed by atoms with Crippen LogP contribution in [0.25, 0.3) is 0 Å². The van der Waals surface area contributed by atoms with Crippen LogP contribution in [0.1, 0.15) is 12.8 Å². The van der Waals surface area contributed by atoms with Gasteiger partial charge in [-0.15, -0.1) is 12.6 Å². The van der Waals surface area contributed by atoms with Crippen LogP contribution in [0.15, 0.2) is 27.6 Å². The van der Waals surface area contributed by atoms with Gasteiger partial charge < -0.3 is 4.90 Å². The zero-order chi connectivity index (χ0) is 9.26. The number of thiol groups is 1. The predicted molar refractivity (Wildman–Crippen MR) is 62.8 cm³/mol. The van der Waals surface area contributed by atoms with E-state index in [1.807, 2.05) is 6.07 Å². The number of hydrogen-bond donors (Lipinski definition) is 1. The van der Waals surface area contributed by atoms with Crippen molar-refractivity contribution in [2.75, 3.05) is 18.0 Å². The Labute approximate surface area is 92.7 Å². The summed E-state index contributed by atoms with van der Waals surface area (Å²) in [5, 5.41) is 0. The predicted octanol–water partition coefficient (Wildman–Crippen LogP) is 3.34. The fraction of sp³-hybridized carbons (Fsp3) is 0.400. The number of halogens is 1. The van der Waals surface area contributed by atoms with E-state index in [4.69, 9.17) is 0 Å². The van der Waals surface area contributed by atoms with E-state index in [9.17, 15) is 0 Å². The van der Waals surface area contributed by atoms with Gasteiger partial charge in [-0.25, -0.2) is 0 Å². The first kappa shape index (κ1) is 9.41. The Bertz CT molecular complexity index is 308. The van der Waals surface area contributed by atoms with Gasteiger partial charge in [0.15, 0.2) is 0 Å². The number of rotatable bonds is 1. The molecule has 3 heteroatoms. The Balaban J connectivity index is 2.33. The van der Waals surface area contributed by atoms with Crippen LogP contribution in [-0.4, -0.2) is 13.1 Å². The molecule has 0 aliphatic carbocycles. The Kier molecular flexibility index (Phi) is 2.84. The normalized spacial score (nSPS) is 16.6. The molecule has 0 unspecified atom stereocenters. The first-order valence-electron chi connectivity index (χ1n) is 4.51. The molecule has 70 valence electrons. The van der Waals surface area contributed by atoms with Gasteiger partial charge in [-0.3, -0.25) is 0 Å². The van der Waals surface area contributed by atoms with E-state index in [1.165, 1.54) is 31.6 Å². The molecule has 1 saturated heterocycles. The molecule has 1 fully saturated rings. The fourth-order valence-electron chi connectivity index (χ4n) is 1.72. The summed E-state index contributed by atoms with van der Waals surface area (Å²) in [6, 6.07) is 6.23. The lowest BCUT2D eigenvalue weighted by atomic mass is 10.3. The zero-order valence-corrected chi connectivity index (χ0v) is 9.81. The largest absolute Gasteiger partial charge is 0.371 e. The quantitative estimate of drug-likeness (QED) is 0.756. The van der Waals surface area contributed by atoms with Crippen LogP contribution in [0.5, 0.6) is 0 Å². The molecule has 1 heterocycles. The van der Waals surface area contributed by atoms with Crippen LogP contribution in [-0.2, 0) is 0 Å². The minimum atomic E-state index is 1.06. The summed E-state index contributed by atoms with van der Waals surface area (Å²) in [6.45, 7) is 2.34. The minimum absolute atomic E-state index is 1.06. The summed E-state index contributed by atoms with van der Waals surface area (Å²) in [6.07, 6.45) is 2.61. The summed E-state index contributed by atoms with van der Waals surface area (Å²) >= 11 is 7.99. The molecule has 13 heavy (non-hydrogen) atoms. The van der Waals surface area contributed by atoms with E-state index in [1.54, 1.807) is 0 Å². The summed E-state index contributed by atoms with van der Waals surface area (Å²) in [4.78, 5) is 3.46. The monoisotopic (exact) mass is 257 g/mol. The highest BCUT2D eigenvalue weighted by atomic mass is 79.9. The third-order valence-electron chi connectivity index (χ3n) is 2.41. The first-order valence-corrected chi connectivity index (χ1v) is 5.75. The van der Waals surface area contributed by atoms with Crippen LogP contribution in [0, 0.1) is 0 Å². The van der Waals surface area contributed by atoms with Crippen molar-refractivity contribution in [2.45, 2.75) is 17.7 Å². The molecule has 0 radical (unpaired) electrons. The average Bonchev–Trinajstić information content (AvgIpc) is 2.62. The van der Waals surface area contributed by atoms with E-state index in [-0.39, 0.29) is 0 Å². The molecule has 1 aliphatic rings. The third-order valence-corrected chi connectivity index (χ3v) is 3.85. The van der Waals surface area contributed by atoms with Crippen LogP contribution in [0.3, 0.4) is 0 Å². The van der Waals surface area contributed by atoms with Crippen LogP contribution < -0.4 is 4.90 Å². The molecule has 0 bridgehead atoms. The molecule has 1 nitrogen and oxygen atoms in total. The van der Waals surface area contributed by atoms with Gasteiger partial charge in [-0.2, -0.15) is 0 Å². The zero-order valence-electron chi connectivity index (χ0n) is 7.33. The Morgan fingerprint density at radius 1 is 1.23 bits per heavy atom. The second-order valence-electron chi connectivity index (χ2n) is 3.30. The highest BCUT2D eigenvalue weighted by Gasteiger charge is 2.15. The maximum Gasteiger partial charge on any atom is 0.0513 e. The van der Waals surface area contributed by atoms with Gasteiger partial charge in [0.1, 0.15) is 0 Å². The van der Waals surface area contributed by atoms with Crippen LogP contribution in [0.2, 0.25) is 0 Å². The van der Waals surface area contributed by atoms with Gasteiger partial charge in [0.2, 0.25) is 0 Å². The van der Waals surface area contributed by atoms with Gasteiger partial charge in [-0.1, -0.05) is 6.07 Å². The highest BCUT2D eigenvalue weighted by molar-refractivity contribution is 9.10. The summed E-state index contributed by atoms with van der Waals surface area (Å²) in [5.74, 6) is 0. The van der Waals surface area contributed by atoms with Crippen LogP contribution in [0.4, 0.5) is 5.69 Å². The van der Waals surface area contributed by atoms with Crippen molar-refractivity contribution in [1.82, 2.24) is 0 Å². The molecule has 1 aromatic carbocycles. The molecule has 2 rings (SSSR count). The second kappa shape index (κ2) is 3.93. The molecule has 0 atom stereocenters. The second-order valence-corrected chi connectivity index (χ2v) is 4.60. The van der Waals surface area contributed by atoms with E-state index >= 15 is 0 Å². The van der Waals surface area contributed by atoms with E-state index in [0.717, 1.165) is 9.37 Å². The SMILES string of the molecule is Sc1c(Br)cccc1N1CCCC1. The maximum absolute atomic E-state index is 4.50. The van der Waals surface area contributed by atoms with Crippen molar-refractivity contribution < 1.29 is 0 Å². The summed E-state index contributed by atoms with van der Waals surface area (Å²) < 4.78 is 1.08. The van der Waals surface area contributed by atoms with Gasteiger partial charge in [0.05, 0.1) is 5.69 Å². The maximum atomic E-state index is 4.50. The molecule has 0 amide bonds. The number of hydrogen-bond acceptors (Lipinski definition) is 2. The molecule has 0 saturated carbocycles.